The molecule has 1 aliphatic rings. The topological polar surface area (TPSA) is 78.9 Å². The average Bonchev–Trinajstić information content (AvgIpc) is 3.03. The summed E-state index contributed by atoms with van der Waals surface area (Å²) >= 11 is 12.3. The quantitative estimate of drug-likeness (QED) is 0.245. The third-order valence-electron chi connectivity index (χ3n) is 7.47. The molecule has 1 aromatic heterocycles. The minimum Gasteiger partial charge on any atom is -0.497 e. The van der Waals surface area contributed by atoms with Crippen LogP contribution in [0.15, 0.2) is 84.9 Å². The summed E-state index contributed by atoms with van der Waals surface area (Å²) in [5, 5.41) is 9.84. The molecule has 0 radical (unpaired) electrons. The summed E-state index contributed by atoms with van der Waals surface area (Å²) in [5.41, 5.74) is 2.87. The minimum absolute atomic E-state index is 0.0305. The molecule has 0 unspecified atom stereocenters. The highest BCUT2D eigenvalue weighted by atomic mass is 35.5. The molecule has 0 aliphatic carbocycles. The number of carbonyl (C=O) groups is 2. The lowest BCUT2D eigenvalue weighted by Crippen LogP contribution is -2.52. The Morgan fingerprint density at radius 2 is 1.62 bits per heavy atom. The van der Waals surface area contributed by atoms with Gasteiger partial charge in [0.25, 0.3) is 5.91 Å². The molecular formula is C32H31Cl2N5O3. The van der Waals surface area contributed by atoms with Gasteiger partial charge in [-0.25, -0.2) is 0 Å². The van der Waals surface area contributed by atoms with Crippen molar-refractivity contribution in [2.75, 3.05) is 44.7 Å². The van der Waals surface area contributed by atoms with Crippen LogP contribution in [0.5, 0.6) is 5.75 Å². The van der Waals surface area contributed by atoms with E-state index in [1.165, 1.54) is 0 Å². The van der Waals surface area contributed by atoms with E-state index in [-0.39, 0.29) is 24.4 Å². The van der Waals surface area contributed by atoms with E-state index in [9.17, 15) is 9.59 Å². The summed E-state index contributed by atoms with van der Waals surface area (Å²) in [6.45, 7) is 4.13. The first-order valence-corrected chi connectivity index (χ1v) is 14.4. The van der Waals surface area contributed by atoms with Crippen LogP contribution in [0, 0.1) is 0 Å². The monoisotopic (exact) mass is 603 g/mol. The molecule has 1 aliphatic heterocycles. The Balaban J connectivity index is 1.25. The SMILES string of the molecule is COc1ccc(C(=O)N(CC(=O)N2CCN(c3ccc(-c4ccc(Cl)cc4Cl)nn3)CC2)[C@H](C)c2ccccc2)cc1. The first-order valence-electron chi connectivity index (χ1n) is 13.7. The molecule has 1 fully saturated rings. The van der Waals surface area contributed by atoms with Crippen molar-refractivity contribution in [3.63, 3.8) is 0 Å². The van der Waals surface area contributed by atoms with Crippen molar-refractivity contribution in [2.45, 2.75) is 13.0 Å². The maximum absolute atomic E-state index is 13.7. The van der Waals surface area contributed by atoms with Crippen molar-refractivity contribution in [3.8, 4) is 17.0 Å². The highest BCUT2D eigenvalue weighted by molar-refractivity contribution is 6.36. The van der Waals surface area contributed by atoms with Gasteiger partial charge < -0.3 is 19.4 Å². The number of rotatable bonds is 8. The number of hydrogen-bond acceptors (Lipinski definition) is 6. The number of nitrogens with zero attached hydrogens (tertiary/aromatic N) is 5. The Hall–Kier alpha value is -4.14. The fraction of sp³-hybridized carbons (Fsp3) is 0.250. The van der Waals surface area contributed by atoms with Gasteiger partial charge in [-0.05, 0) is 67.1 Å². The number of benzene rings is 3. The van der Waals surface area contributed by atoms with Gasteiger partial charge in [0.15, 0.2) is 5.82 Å². The van der Waals surface area contributed by atoms with Gasteiger partial charge in [-0.15, -0.1) is 10.2 Å². The van der Waals surface area contributed by atoms with Crippen molar-refractivity contribution >= 4 is 40.8 Å². The van der Waals surface area contributed by atoms with E-state index < -0.39 is 0 Å². The fourth-order valence-electron chi connectivity index (χ4n) is 4.96. The number of piperazine rings is 1. The molecule has 0 N–H and O–H groups in total. The van der Waals surface area contributed by atoms with Crippen LogP contribution in [0.2, 0.25) is 10.0 Å². The van der Waals surface area contributed by atoms with Crippen molar-refractivity contribution in [1.82, 2.24) is 20.0 Å². The highest BCUT2D eigenvalue weighted by Gasteiger charge is 2.29. The molecule has 1 saturated heterocycles. The molecule has 2 heterocycles. The minimum atomic E-state index is -0.297. The summed E-state index contributed by atoms with van der Waals surface area (Å²) in [7, 11) is 1.58. The van der Waals surface area contributed by atoms with Crippen LogP contribution in [0.4, 0.5) is 5.82 Å². The predicted octanol–water partition coefficient (Wildman–Crippen LogP) is 6.01. The lowest BCUT2D eigenvalue weighted by Gasteiger charge is -2.37. The van der Waals surface area contributed by atoms with E-state index in [1.807, 2.05) is 55.5 Å². The molecule has 10 heteroatoms. The zero-order valence-electron chi connectivity index (χ0n) is 23.4. The van der Waals surface area contributed by atoms with E-state index in [0.29, 0.717) is 53.2 Å². The van der Waals surface area contributed by atoms with Crippen molar-refractivity contribution in [1.29, 1.82) is 0 Å². The Bertz CT molecular complexity index is 1530. The number of aromatic nitrogens is 2. The lowest BCUT2D eigenvalue weighted by molar-refractivity contribution is -0.132. The molecule has 0 spiro atoms. The predicted molar refractivity (Wildman–Crippen MR) is 165 cm³/mol. The number of carbonyl (C=O) groups excluding carboxylic acids is 2. The second-order valence-electron chi connectivity index (χ2n) is 10.0. The van der Waals surface area contributed by atoms with Gasteiger partial charge >= 0.3 is 0 Å². The van der Waals surface area contributed by atoms with Crippen LogP contribution in [-0.2, 0) is 4.79 Å². The molecule has 5 rings (SSSR count). The van der Waals surface area contributed by atoms with Gasteiger partial charge in [-0.1, -0.05) is 53.5 Å². The number of amides is 2. The molecule has 0 saturated carbocycles. The second-order valence-corrected chi connectivity index (χ2v) is 10.9. The molecule has 0 bridgehead atoms. The summed E-state index contributed by atoms with van der Waals surface area (Å²) < 4.78 is 5.24. The van der Waals surface area contributed by atoms with Crippen LogP contribution in [0.1, 0.15) is 28.9 Å². The molecule has 2 amide bonds. The number of hydrogen-bond donors (Lipinski definition) is 0. The molecule has 8 nitrogen and oxygen atoms in total. The number of methoxy groups -OCH3 is 1. The molecule has 3 aromatic carbocycles. The lowest BCUT2D eigenvalue weighted by atomic mass is 10.1. The average molecular weight is 605 g/mol. The zero-order chi connectivity index (χ0) is 29.6. The fourth-order valence-corrected chi connectivity index (χ4v) is 5.47. The van der Waals surface area contributed by atoms with Gasteiger partial charge in [0.2, 0.25) is 5.91 Å². The Labute approximate surface area is 255 Å². The molecule has 4 aromatic rings. The first kappa shape index (κ1) is 29.4. The molecule has 1 atom stereocenters. The molecule has 42 heavy (non-hydrogen) atoms. The smallest absolute Gasteiger partial charge is 0.254 e. The van der Waals surface area contributed by atoms with Crippen LogP contribution >= 0.6 is 23.2 Å². The number of ether oxygens (including phenoxy) is 1. The van der Waals surface area contributed by atoms with Gasteiger partial charge in [-0.2, -0.15) is 0 Å². The largest absolute Gasteiger partial charge is 0.497 e. The van der Waals surface area contributed by atoms with Crippen molar-refractivity contribution < 1.29 is 14.3 Å². The number of anilines is 1. The van der Waals surface area contributed by atoms with Crippen LogP contribution < -0.4 is 9.64 Å². The van der Waals surface area contributed by atoms with E-state index >= 15 is 0 Å². The van der Waals surface area contributed by atoms with Gasteiger partial charge in [0, 0.05) is 42.3 Å². The first-order chi connectivity index (χ1) is 20.3. The third-order valence-corrected chi connectivity index (χ3v) is 8.01. The molecular weight excluding hydrogens is 573 g/mol. The Kier molecular flexibility index (Phi) is 9.25. The normalized spacial score (nSPS) is 13.9. The zero-order valence-corrected chi connectivity index (χ0v) is 24.9. The summed E-state index contributed by atoms with van der Waals surface area (Å²) in [5.74, 6) is 1.08. The maximum atomic E-state index is 13.7. The van der Waals surface area contributed by atoms with Crippen LogP contribution in [0.25, 0.3) is 11.3 Å². The van der Waals surface area contributed by atoms with E-state index in [0.717, 1.165) is 16.9 Å². The summed E-state index contributed by atoms with van der Waals surface area (Å²) in [6, 6.07) is 25.4. The van der Waals surface area contributed by atoms with Crippen molar-refractivity contribution in [3.05, 3.63) is 106 Å². The standard InChI is InChI=1S/C32H31Cl2N5O3/c1-22(23-6-4-3-5-7-23)39(32(41)24-8-11-26(42-2)12-9-24)21-31(40)38-18-16-37(17-19-38)30-15-14-29(35-36-30)27-13-10-25(33)20-28(27)34/h3-15,20,22H,16-19,21H2,1-2H3/t22-/m1/s1. The Morgan fingerprint density at radius 1 is 0.905 bits per heavy atom. The number of halogens is 2. The maximum Gasteiger partial charge on any atom is 0.254 e. The van der Waals surface area contributed by atoms with E-state index in [2.05, 4.69) is 15.1 Å². The van der Waals surface area contributed by atoms with Crippen LogP contribution in [-0.4, -0.2) is 71.6 Å². The Morgan fingerprint density at radius 3 is 2.24 bits per heavy atom. The van der Waals surface area contributed by atoms with Crippen molar-refractivity contribution in [2.24, 2.45) is 0 Å². The summed E-state index contributed by atoms with van der Waals surface area (Å²) in [4.78, 5) is 32.7. The third kappa shape index (κ3) is 6.66. The summed E-state index contributed by atoms with van der Waals surface area (Å²) in [6.07, 6.45) is 0. The second kappa shape index (κ2) is 13.2. The van der Waals surface area contributed by atoms with Gasteiger partial charge in [0.05, 0.1) is 23.9 Å². The van der Waals surface area contributed by atoms with Gasteiger partial charge in [-0.3, -0.25) is 9.59 Å². The highest BCUT2D eigenvalue weighted by Crippen LogP contribution is 2.29. The van der Waals surface area contributed by atoms with E-state index in [4.69, 9.17) is 27.9 Å². The molecule has 216 valence electrons. The van der Waals surface area contributed by atoms with E-state index in [1.54, 1.807) is 53.3 Å². The van der Waals surface area contributed by atoms with Gasteiger partial charge in [0.1, 0.15) is 12.3 Å². The van der Waals surface area contributed by atoms with Crippen LogP contribution in [0.3, 0.4) is 0 Å².